The number of aromatic nitrogens is 3. The van der Waals surface area contributed by atoms with Gasteiger partial charge in [0, 0.05) is 30.6 Å². The summed E-state index contributed by atoms with van der Waals surface area (Å²) in [5, 5.41) is 0. The molecule has 0 saturated heterocycles. The van der Waals surface area contributed by atoms with E-state index < -0.39 is 0 Å². The molecule has 3 heteroatoms. The van der Waals surface area contributed by atoms with Gasteiger partial charge >= 0.3 is 0 Å². The Hall–Kier alpha value is -2.16. The third kappa shape index (κ3) is 1.29. The van der Waals surface area contributed by atoms with E-state index in [1.54, 1.807) is 6.20 Å². The van der Waals surface area contributed by atoms with Crippen molar-refractivity contribution in [2.75, 3.05) is 0 Å². The standard InChI is InChI=1S/C13H11N3/c1-16-9-15-13-11(5-2-6-12(13)16)10-4-3-7-14-8-10/h2-9H,1H3. The molecule has 0 saturated carbocycles. The van der Waals surface area contributed by atoms with Crippen LogP contribution in [0.2, 0.25) is 0 Å². The minimum absolute atomic E-state index is 1.03. The molecule has 2 heterocycles. The van der Waals surface area contributed by atoms with E-state index in [2.05, 4.69) is 28.2 Å². The first kappa shape index (κ1) is 9.09. The van der Waals surface area contributed by atoms with E-state index in [0.29, 0.717) is 0 Å². The summed E-state index contributed by atoms with van der Waals surface area (Å²) in [5.74, 6) is 0. The molecule has 0 bridgehead atoms. The summed E-state index contributed by atoms with van der Waals surface area (Å²) < 4.78 is 2.02. The van der Waals surface area contributed by atoms with Crippen LogP contribution in [0.5, 0.6) is 0 Å². The molecule has 16 heavy (non-hydrogen) atoms. The van der Waals surface area contributed by atoms with Gasteiger partial charge in [0.05, 0.1) is 17.4 Å². The van der Waals surface area contributed by atoms with Crippen LogP contribution >= 0.6 is 0 Å². The van der Waals surface area contributed by atoms with Crippen LogP contribution in [0.4, 0.5) is 0 Å². The average Bonchev–Trinajstić information content (AvgIpc) is 2.73. The second-order valence-electron chi connectivity index (χ2n) is 3.77. The Balaban J connectivity index is 2.32. The molecule has 0 atom stereocenters. The largest absolute Gasteiger partial charge is 0.334 e. The lowest BCUT2D eigenvalue weighted by Gasteiger charge is -2.02. The minimum atomic E-state index is 1.03. The van der Waals surface area contributed by atoms with Gasteiger partial charge in [0.15, 0.2) is 0 Å². The van der Waals surface area contributed by atoms with E-state index in [-0.39, 0.29) is 0 Å². The number of hydrogen-bond donors (Lipinski definition) is 0. The van der Waals surface area contributed by atoms with Gasteiger partial charge in [-0.25, -0.2) is 4.98 Å². The Kier molecular flexibility index (Phi) is 1.96. The summed E-state index contributed by atoms with van der Waals surface area (Å²) in [6, 6.07) is 10.2. The van der Waals surface area contributed by atoms with Gasteiger partial charge in [0.1, 0.15) is 0 Å². The Morgan fingerprint density at radius 1 is 1.12 bits per heavy atom. The molecule has 0 radical (unpaired) electrons. The van der Waals surface area contributed by atoms with Crippen molar-refractivity contribution in [3.63, 3.8) is 0 Å². The van der Waals surface area contributed by atoms with Gasteiger partial charge in [0.2, 0.25) is 0 Å². The van der Waals surface area contributed by atoms with Crippen LogP contribution in [0.1, 0.15) is 0 Å². The topological polar surface area (TPSA) is 30.7 Å². The van der Waals surface area contributed by atoms with E-state index in [0.717, 1.165) is 22.2 Å². The number of nitrogens with zero attached hydrogens (tertiary/aromatic N) is 3. The van der Waals surface area contributed by atoms with Crippen molar-refractivity contribution in [2.24, 2.45) is 7.05 Å². The molecule has 0 N–H and O–H groups in total. The van der Waals surface area contributed by atoms with Crippen LogP contribution in [0.15, 0.2) is 49.1 Å². The predicted molar refractivity (Wildman–Crippen MR) is 63.9 cm³/mol. The molecule has 0 fully saturated rings. The molecule has 3 nitrogen and oxygen atoms in total. The average molecular weight is 209 g/mol. The molecule has 2 aromatic heterocycles. The minimum Gasteiger partial charge on any atom is -0.334 e. The smallest absolute Gasteiger partial charge is 0.0963 e. The number of para-hydroxylation sites is 1. The second kappa shape index (κ2) is 3.45. The van der Waals surface area contributed by atoms with Crippen molar-refractivity contribution in [3.05, 3.63) is 49.1 Å². The zero-order chi connectivity index (χ0) is 11.0. The van der Waals surface area contributed by atoms with Crippen molar-refractivity contribution < 1.29 is 0 Å². The SMILES string of the molecule is Cn1cnc2c(-c3cccnc3)cccc21. The first-order valence-electron chi connectivity index (χ1n) is 5.17. The molecular formula is C13H11N3. The van der Waals surface area contributed by atoms with Crippen molar-refractivity contribution in [3.8, 4) is 11.1 Å². The highest BCUT2D eigenvalue weighted by atomic mass is 15.0. The van der Waals surface area contributed by atoms with Crippen molar-refractivity contribution in [1.29, 1.82) is 0 Å². The van der Waals surface area contributed by atoms with Gasteiger partial charge in [-0.2, -0.15) is 0 Å². The van der Waals surface area contributed by atoms with Crippen LogP contribution in [0.3, 0.4) is 0 Å². The molecule has 3 aromatic rings. The van der Waals surface area contributed by atoms with Gasteiger partial charge in [-0.1, -0.05) is 18.2 Å². The van der Waals surface area contributed by atoms with E-state index >= 15 is 0 Å². The maximum absolute atomic E-state index is 4.43. The summed E-state index contributed by atoms with van der Waals surface area (Å²) in [6.45, 7) is 0. The van der Waals surface area contributed by atoms with Gasteiger partial charge in [-0.15, -0.1) is 0 Å². The highest BCUT2D eigenvalue weighted by Crippen LogP contribution is 2.26. The lowest BCUT2D eigenvalue weighted by molar-refractivity contribution is 0.948. The fourth-order valence-corrected chi connectivity index (χ4v) is 1.91. The molecule has 0 unspecified atom stereocenters. The van der Waals surface area contributed by atoms with Crippen LogP contribution in [-0.4, -0.2) is 14.5 Å². The van der Waals surface area contributed by atoms with E-state index in [9.17, 15) is 0 Å². The molecule has 1 aromatic carbocycles. The quantitative estimate of drug-likeness (QED) is 0.616. The first-order chi connectivity index (χ1) is 7.86. The summed E-state index contributed by atoms with van der Waals surface area (Å²) >= 11 is 0. The molecule has 0 aliphatic heterocycles. The van der Waals surface area contributed by atoms with E-state index in [1.807, 2.05) is 36.3 Å². The zero-order valence-electron chi connectivity index (χ0n) is 8.96. The van der Waals surface area contributed by atoms with Crippen molar-refractivity contribution in [2.45, 2.75) is 0 Å². The van der Waals surface area contributed by atoms with Gasteiger partial charge in [-0.3, -0.25) is 4.98 Å². The van der Waals surface area contributed by atoms with Crippen LogP contribution < -0.4 is 0 Å². The molecular weight excluding hydrogens is 198 g/mol. The number of hydrogen-bond acceptors (Lipinski definition) is 2. The summed E-state index contributed by atoms with van der Waals surface area (Å²) in [6.07, 6.45) is 5.48. The van der Waals surface area contributed by atoms with E-state index in [4.69, 9.17) is 0 Å². The number of imidazole rings is 1. The number of benzene rings is 1. The predicted octanol–water partition coefficient (Wildman–Crippen LogP) is 2.64. The van der Waals surface area contributed by atoms with Crippen molar-refractivity contribution in [1.82, 2.24) is 14.5 Å². The monoisotopic (exact) mass is 209 g/mol. The normalized spacial score (nSPS) is 10.8. The summed E-state index contributed by atoms with van der Waals surface area (Å²) in [4.78, 5) is 8.57. The first-order valence-corrected chi connectivity index (χ1v) is 5.17. The van der Waals surface area contributed by atoms with Gasteiger partial charge < -0.3 is 4.57 Å². The number of pyridine rings is 1. The number of fused-ring (bicyclic) bond motifs is 1. The van der Waals surface area contributed by atoms with Crippen LogP contribution in [-0.2, 0) is 7.05 Å². The highest BCUT2D eigenvalue weighted by molar-refractivity contribution is 5.91. The van der Waals surface area contributed by atoms with Crippen LogP contribution in [0.25, 0.3) is 22.2 Å². The zero-order valence-corrected chi connectivity index (χ0v) is 8.96. The number of aryl methyl sites for hydroxylation is 1. The third-order valence-corrected chi connectivity index (χ3v) is 2.73. The number of rotatable bonds is 1. The lowest BCUT2D eigenvalue weighted by Crippen LogP contribution is -1.85. The fraction of sp³-hybridized carbons (Fsp3) is 0.0769. The highest BCUT2D eigenvalue weighted by Gasteiger charge is 2.06. The molecule has 0 spiro atoms. The summed E-state index contributed by atoms with van der Waals surface area (Å²) in [5.41, 5.74) is 4.40. The third-order valence-electron chi connectivity index (χ3n) is 2.73. The van der Waals surface area contributed by atoms with Gasteiger partial charge in [0.25, 0.3) is 0 Å². The molecule has 0 aliphatic carbocycles. The molecule has 0 amide bonds. The summed E-state index contributed by atoms with van der Waals surface area (Å²) in [7, 11) is 2.00. The lowest BCUT2D eigenvalue weighted by atomic mass is 10.1. The van der Waals surface area contributed by atoms with Crippen LogP contribution in [0, 0.1) is 0 Å². The Bertz CT molecular complexity index is 626. The maximum atomic E-state index is 4.43. The van der Waals surface area contributed by atoms with E-state index in [1.165, 1.54) is 0 Å². The maximum Gasteiger partial charge on any atom is 0.0963 e. The molecule has 3 rings (SSSR count). The Labute approximate surface area is 93.4 Å². The van der Waals surface area contributed by atoms with Gasteiger partial charge in [-0.05, 0) is 12.1 Å². The second-order valence-corrected chi connectivity index (χ2v) is 3.77. The molecule has 78 valence electrons. The van der Waals surface area contributed by atoms with Crippen molar-refractivity contribution >= 4 is 11.0 Å². The fourth-order valence-electron chi connectivity index (χ4n) is 1.91. The Morgan fingerprint density at radius 2 is 2.06 bits per heavy atom. The Morgan fingerprint density at radius 3 is 2.88 bits per heavy atom. The molecule has 0 aliphatic rings.